The van der Waals surface area contributed by atoms with Crippen molar-refractivity contribution in [1.29, 1.82) is 0 Å². The summed E-state index contributed by atoms with van der Waals surface area (Å²) in [6.07, 6.45) is 7.87. The van der Waals surface area contributed by atoms with Crippen molar-refractivity contribution >= 4 is 6.21 Å². The van der Waals surface area contributed by atoms with Gasteiger partial charge in [0, 0.05) is 0 Å². The summed E-state index contributed by atoms with van der Waals surface area (Å²) in [5.74, 6) is -0.231. The molecule has 2 nitrogen and oxygen atoms in total. The van der Waals surface area contributed by atoms with Crippen molar-refractivity contribution in [3.63, 3.8) is 0 Å². The first-order chi connectivity index (χ1) is 7.84. The van der Waals surface area contributed by atoms with E-state index in [0.717, 1.165) is 18.4 Å². The minimum Gasteiger partial charge on any atom is -0.393 e. The fourth-order valence-electron chi connectivity index (χ4n) is 1.90. The zero-order valence-corrected chi connectivity index (χ0v) is 9.23. The fraction of sp³-hybridized carbons (Fsp3) is 0.462. The molecule has 1 aliphatic rings. The highest BCUT2D eigenvalue weighted by atomic mass is 19.1. The largest absolute Gasteiger partial charge is 0.393 e. The Labute approximate surface area is 95.1 Å². The van der Waals surface area contributed by atoms with E-state index >= 15 is 0 Å². The molecule has 0 aliphatic heterocycles. The van der Waals surface area contributed by atoms with Crippen LogP contribution in [0, 0.1) is 5.82 Å². The van der Waals surface area contributed by atoms with Crippen molar-refractivity contribution in [2.24, 2.45) is 5.16 Å². The SMILES string of the molecule is Fc1ccc(C=NOC2CCCCC2)cc1. The van der Waals surface area contributed by atoms with Gasteiger partial charge in [0.1, 0.15) is 11.9 Å². The zero-order chi connectivity index (χ0) is 11.2. The van der Waals surface area contributed by atoms with Gasteiger partial charge in [0.15, 0.2) is 0 Å². The molecule has 0 N–H and O–H groups in total. The molecular weight excluding hydrogens is 205 g/mol. The number of halogens is 1. The van der Waals surface area contributed by atoms with Gasteiger partial charge in [-0.1, -0.05) is 23.7 Å². The van der Waals surface area contributed by atoms with Gasteiger partial charge in [0.25, 0.3) is 0 Å². The molecule has 3 heteroatoms. The Morgan fingerprint density at radius 3 is 2.50 bits per heavy atom. The monoisotopic (exact) mass is 221 g/mol. The topological polar surface area (TPSA) is 21.6 Å². The van der Waals surface area contributed by atoms with Crippen molar-refractivity contribution in [3.8, 4) is 0 Å². The molecule has 1 saturated carbocycles. The lowest BCUT2D eigenvalue weighted by Gasteiger charge is -2.18. The summed E-state index contributed by atoms with van der Waals surface area (Å²) < 4.78 is 12.6. The van der Waals surface area contributed by atoms with Gasteiger partial charge in [0.05, 0.1) is 6.21 Å². The summed E-state index contributed by atoms with van der Waals surface area (Å²) in [6.45, 7) is 0. The average molecular weight is 221 g/mol. The molecule has 1 aromatic carbocycles. The number of benzene rings is 1. The zero-order valence-electron chi connectivity index (χ0n) is 9.23. The van der Waals surface area contributed by atoms with Crippen LogP contribution in [0.4, 0.5) is 4.39 Å². The van der Waals surface area contributed by atoms with E-state index < -0.39 is 0 Å². The summed E-state index contributed by atoms with van der Waals surface area (Å²) in [5, 5.41) is 3.95. The molecule has 0 atom stereocenters. The molecule has 1 aromatic rings. The molecule has 0 heterocycles. The Morgan fingerprint density at radius 1 is 1.12 bits per heavy atom. The van der Waals surface area contributed by atoms with E-state index in [2.05, 4.69) is 5.16 Å². The van der Waals surface area contributed by atoms with Crippen molar-refractivity contribution in [3.05, 3.63) is 35.6 Å². The van der Waals surface area contributed by atoms with Crippen molar-refractivity contribution in [1.82, 2.24) is 0 Å². The Balaban J connectivity index is 1.82. The van der Waals surface area contributed by atoms with E-state index in [0.29, 0.717) is 0 Å². The maximum Gasteiger partial charge on any atom is 0.127 e. The van der Waals surface area contributed by atoms with Crippen molar-refractivity contribution in [2.75, 3.05) is 0 Å². The van der Waals surface area contributed by atoms with E-state index in [1.807, 2.05) is 0 Å². The Bertz CT molecular complexity index is 341. The second-order valence-corrected chi connectivity index (χ2v) is 4.15. The quantitative estimate of drug-likeness (QED) is 0.565. The minimum absolute atomic E-state index is 0.231. The first-order valence-electron chi connectivity index (χ1n) is 5.79. The molecule has 16 heavy (non-hydrogen) atoms. The van der Waals surface area contributed by atoms with Crippen LogP contribution in [0.25, 0.3) is 0 Å². The van der Waals surface area contributed by atoms with Gasteiger partial charge in [-0.15, -0.1) is 0 Å². The van der Waals surface area contributed by atoms with Crippen LogP contribution in [0.15, 0.2) is 29.4 Å². The second-order valence-electron chi connectivity index (χ2n) is 4.15. The van der Waals surface area contributed by atoms with Gasteiger partial charge >= 0.3 is 0 Å². The van der Waals surface area contributed by atoms with Crippen LogP contribution < -0.4 is 0 Å². The van der Waals surface area contributed by atoms with Gasteiger partial charge < -0.3 is 4.84 Å². The highest BCUT2D eigenvalue weighted by Crippen LogP contribution is 2.20. The molecule has 0 spiro atoms. The highest BCUT2D eigenvalue weighted by molar-refractivity contribution is 5.78. The fourth-order valence-corrected chi connectivity index (χ4v) is 1.90. The van der Waals surface area contributed by atoms with Crippen LogP contribution in [0.3, 0.4) is 0 Å². The lowest BCUT2D eigenvalue weighted by atomic mass is 9.98. The van der Waals surface area contributed by atoms with Gasteiger partial charge in [-0.05, 0) is 43.4 Å². The predicted octanol–water partition coefficient (Wildman–Crippen LogP) is 3.51. The molecule has 1 fully saturated rings. The molecule has 0 bridgehead atoms. The molecule has 0 saturated heterocycles. The maximum absolute atomic E-state index is 12.6. The van der Waals surface area contributed by atoms with Crippen LogP contribution in [-0.2, 0) is 4.84 Å². The second kappa shape index (κ2) is 5.64. The summed E-state index contributed by atoms with van der Waals surface area (Å²) in [4.78, 5) is 5.39. The van der Waals surface area contributed by atoms with E-state index in [9.17, 15) is 4.39 Å². The van der Waals surface area contributed by atoms with Crippen LogP contribution in [-0.4, -0.2) is 12.3 Å². The molecule has 0 amide bonds. The van der Waals surface area contributed by atoms with Gasteiger partial charge in [0.2, 0.25) is 0 Å². The molecule has 0 aromatic heterocycles. The number of oxime groups is 1. The average Bonchev–Trinajstić information content (AvgIpc) is 2.33. The van der Waals surface area contributed by atoms with Crippen molar-refractivity contribution in [2.45, 2.75) is 38.2 Å². The third-order valence-corrected chi connectivity index (χ3v) is 2.83. The summed E-state index contributed by atoms with van der Waals surface area (Å²) in [6, 6.07) is 6.20. The molecule has 86 valence electrons. The first-order valence-corrected chi connectivity index (χ1v) is 5.79. The van der Waals surface area contributed by atoms with Crippen LogP contribution >= 0.6 is 0 Å². The molecule has 0 unspecified atom stereocenters. The lowest BCUT2D eigenvalue weighted by molar-refractivity contribution is 0.0340. The van der Waals surface area contributed by atoms with Crippen LogP contribution in [0.2, 0.25) is 0 Å². The predicted molar refractivity (Wildman–Crippen MR) is 62.0 cm³/mol. The smallest absolute Gasteiger partial charge is 0.127 e. The van der Waals surface area contributed by atoms with Crippen molar-refractivity contribution < 1.29 is 9.23 Å². The van der Waals surface area contributed by atoms with Crippen LogP contribution in [0.5, 0.6) is 0 Å². The maximum atomic E-state index is 12.6. The molecule has 1 aliphatic carbocycles. The highest BCUT2D eigenvalue weighted by Gasteiger charge is 2.13. The first kappa shape index (κ1) is 11.1. The summed E-state index contributed by atoms with van der Waals surface area (Å²) in [7, 11) is 0. The standard InChI is InChI=1S/C13H16FNO/c14-12-8-6-11(7-9-12)10-15-16-13-4-2-1-3-5-13/h6-10,13H,1-5H2. The Kier molecular flexibility index (Phi) is 3.91. The third kappa shape index (κ3) is 3.33. The number of nitrogens with zero attached hydrogens (tertiary/aromatic N) is 1. The Morgan fingerprint density at radius 2 is 1.81 bits per heavy atom. The normalized spacial score (nSPS) is 17.8. The number of rotatable bonds is 3. The number of hydrogen-bond acceptors (Lipinski definition) is 2. The van der Waals surface area contributed by atoms with E-state index in [4.69, 9.17) is 4.84 Å². The summed E-state index contributed by atoms with van der Waals surface area (Å²) >= 11 is 0. The lowest BCUT2D eigenvalue weighted by Crippen LogP contribution is -2.13. The number of hydrogen-bond donors (Lipinski definition) is 0. The van der Waals surface area contributed by atoms with E-state index in [1.165, 1.54) is 31.4 Å². The van der Waals surface area contributed by atoms with Gasteiger partial charge in [-0.2, -0.15) is 0 Å². The van der Waals surface area contributed by atoms with E-state index in [1.54, 1.807) is 18.3 Å². The van der Waals surface area contributed by atoms with Gasteiger partial charge in [-0.25, -0.2) is 4.39 Å². The van der Waals surface area contributed by atoms with Crippen LogP contribution in [0.1, 0.15) is 37.7 Å². The minimum atomic E-state index is -0.231. The molecule has 2 rings (SSSR count). The third-order valence-electron chi connectivity index (χ3n) is 2.83. The molecule has 0 radical (unpaired) electrons. The Hall–Kier alpha value is -1.38. The summed E-state index contributed by atoms with van der Waals surface area (Å²) in [5.41, 5.74) is 0.859. The molecular formula is C13H16FNO. The van der Waals surface area contributed by atoms with Gasteiger partial charge in [-0.3, -0.25) is 0 Å². The van der Waals surface area contributed by atoms with E-state index in [-0.39, 0.29) is 11.9 Å².